The van der Waals surface area contributed by atoms with Crippen LogP contribution in [0.3, 0.4) is 0 Å². The highest BCUT2D eigenvalue weighted by Crippen LogP contribution is 2.35. The van der Waals surface area contributed by atoms with Gasteiger partial charge in [0.25, 0.3) is 5.91 Å². The number of carbonyl (C=O) groups excluding carboxylic acids is 2. The number of carbonyl (C=O) groups is 2. The van der Waals surface area contributed by atoms with E-state index in [2.05, 4.69) is 5.32 Å². The Morgan fingerprint density at radius 3 is 2.50 bits per heavy atom. The van der Waals surface area contributed by atoms with Crippen LogP contribution in [0.5, 0.6) is 11.5 Å². The first-order valence-electron chi connectivity index (χ1n) is 7.54. The number of benzene rings is 2. The lowest BCUT2D eigenvalue weighted by Crippen LogP contribution is -2.22. The number of amides is 1. The molecule has 0 saturated carbocycles. The predicted octanol–water partition coefficient (Wildman–Crippen LogP) is 3.22. The van der Waals surface area contributed by atoms with Crippen molar-refractivity contribution in [3.8, 4) is 11.5 Å². The van der Waals surface area contributed by atoms with Gasteiger partial charge in [0.15, 0.2) is 6.61 Å². The zero-order valence-electron chi connectivity index (χ0n) is 14.2. The molecule has 0 aliphatic rings. The predicted molar refractivity (Wildman–Crippen MR) is 94.2 cm³/mol. The molecule has 0 radical (unpaired) electrons. The quantitative estimate of drug-likeness (QED) is 0.745. The van der Waals surface area contributed by atoms with Crippen LogP contribution in [-0.4, -0.2) is 32.7 Å². The third-order valence-corrected chi connectivity index (χ3v) is 3.65. The minimum atomic E-state index is -0.648. The van der Waals surface area contributed by atoms with E-state index >= 15 is 0 Å². The van der Waals surface area contributed by atoms with Crippen LogP contribution in [0.4, 0.5) is 10.1 Å². The third kappa shape index (κ3) is 5.35. The summed E-state index contributed by atoms with van der Waals surface area (Å²) < 4.78 is 28.2. The highest BCUT2D eigenvalue weighted by atomic mass is 35.5. The van der Waals surface area contributed by atoms with Gasteiger partial charge in [-0.25, -0.2) is 4.39 Å². The summed E-state index contributed by atoms with van der Waals surface area (Å²) in [5, 5.41) is 2.82. The summed E-state index contributed by atoms with van der Waals surface area (Å²) in [7, 11) is 2.88. The molecule has 2 aromatic rings. The normalized spacial score (nSPS) is 10.2. The van der Waals surface area contributed by atoms with Crippen LogP contribution in [0.25, 0.3) is 0 Å². The van der Waals surface area contributed by atoms with E-state index in [4.69, 9.17) is 25.8 Å². The Bertz CT molecular complexity index is 812. The Balaban J connectivity index is 1.92. The van der Waals surface area contributed by atoms with Gasteiger partial charge in [0.1, 0.15) is 17.3 Å². The molecule has 0 aliphatic heterocycles. The smallest absolute Gasteiger partial charge is 0.310 e. The molecule has 8 heteroatoms. The highest BCUT2D eigenvalue weighted by Gasteiger charge is 2.14. The van der Waals surface area contributed by atoms with Gasteiger partial charge in [0, 0.05) is 6.07 Å². The number of esters is 1. The van der Waals surface area contributed by atoms with Gasteiger partial charge in [-0.05, 0) is 23.8 Å². The Morgan fingerprint density at radius 1 is 1.12 bits per heavy atom. The SMILES string of the molecule is COc1cc(OC)c(NC(=O)COC(=O)Cc2cccc(F)c2)cc1Cl. The minimum Gasteiger partial charge on any atom is -0.495 e. The summed E-state index contributed by atoms with van der Waals surface area (Å²) in [4.78, 5) is 23.7. The summed E-state index contributed by atoms with van der Waals surface area (Å²) in [6.07, 6.45) is -0.136. The Kier molecular flexibility index (Phi) is 6.80. The standard InChI is InChI=1S/C18H17ClFNO5/c1-24-15-9-16(25-2)14(8-13(15)19)21-17(22)10-26-18(23)7-11-4-3-5-12(20)6-11/h3-6,8-9H,7,10H2,1-2H3,(H,21,22). The second kappa shape index (κ2) is 9.05. The lowest BCUT2D eigenvalue weighted by Gasteiger charge is -2.13. The molecule has 0 atom stereocenters. The average Bonchev–Trinajstić information content (AvgIpc) is 2.60. The van der Waals surface area contributed by atoms with Crippen LogP contribution >= 0.6 is 11.6 Å². The van der Waals surface area contributed by atoms with E-state index < -0.39 is 24.3 Å². The van der Waals surface area contributed by atoms with E-state index in [-0.39, 0.29) is 11.4 Å². The fourth-order valence-electron chi connectivity index (χ4n) is 2.15. The van der Waals surface area contributed by atoms with Crippen molar-refractivity contribution in [1.29, 1.82) is 0 Å². The first-order chi connectivity index (χ1) is 12.4. The monoisotopic (exact) mass is 381 g/mol. The van der Waals surface area contributed by atoms with Gasteiger partial charge in [-0.15, -0.1) is 0 Å². The second-order valence-electron chi connectivity index (χ2n) is 5.20. The van der Waals surface area contributed by atoms with E-state index in [0.29, 0.717) is 22.7 Å². The molecule has 0 bridgehead atoms. The first kappa shape index (κ1) is 19.5. The number of anilines is 1. The number of hydrogen-bond acceptors (Lipinski definition) is 5. The summed E-state index contributed by atoms with van der Waals surface area (Å²) in [6, 6.07) is 8.57. The molecule has 0 unspecified atom stereocenters. The molecule has 1 N–H and O–H groups in total. The second-order valence-corrected chi connectivity index (χ2v) is 5.61. The molecule has 0 aromatic heterocycles. The molecule has 6 nitrogen and oxygen atoms in total. The van der Waals surface area contributed by atoms with E-state index in [0.717, 1.165) is 0 Å². The van der Waals surface area contributed by atoms with Crippen molar-refractivity contribution in [2.75, 3.05) is 26.1 Å². The lowest BCUT2D eigenvalue weighted by molar-refractivity contribution is -0.146. The number of nitrogens with one attached hydrogen (secondary N) is 1. The van der Waals surface area contributed by atoms with Crippen LogP contribution in [0.1, 0.15) is 5.56 Å². The molecule has 0 aliphatic carbocycles. The van der Waals surface area contributed by atoms with Gasteiger partial charge < -0.3 is 19.5 Å². The van der Waals surface area contributed by atoms with E-state index in [9.17, 15) is 14.0 Å². The van der Waals surface area contributed by atoms with Gasteiger partial charge in [-0.1, -0.05) is 23.7 Å². The van der Waals surface area contributed by atoms with Crippen molar-refractivity contribution in [2.45, 2.75) is 6.42 Å². The van der Waals surface area contributed by atoms with Crippen molar-refractivity contribution in [3.63, 3.8) is 0 Å². The molecule has 0 spiro atoms. The maximum atomic E-state index is 13.1. The summed E-state index contributed by atoms with van der Waals surface area (Å²) in [5.74, 6) is -0.937. The summed E-state index contributed by atoms with van der Waals surface area (Å²) in [6.45, 7) is -0.499. The van der Waals surface area contributed by atoms with E-state index in [1.165, 1.54) is 44.6 Å². The Morgan fingerprint density at radius 2 is 1.85 bits per heavy atom. The van der Waals surface area contributed by atoms with Gasteiger partial charge in [-0.2, -0.15) is 0 Å². The number of methoxy groups -OCH3 is 2. The molecule has 138 valence electrons. The maximum Gasteiger partial charge on any atom is 0.310 e. The fourth-order valence-corrected chi connectivity index (χ4v) is 2.40. The number of halogens is 2. The van der Waals surface area contributed by atoms with Crippen molar-refractivity contribution in [1.82, 2.24) is 0 Å². The number of ether oxygens (including phenoxy) is 3. The van der Waals surface area contributed by atoms with Crippen molar-refractivity contribution < 1.29 is 28.2 Å². The van der Waals surface area contributed by atoms with Crippen LogP contribution in [-0.2, 0) is 20.7 Å². The molecule has 2 aromatic carbocycles. The largest absolute Gasteiger partial charge is 0.495 e. The van der Waals surface area contributed by atoms with Crippen LogP contribution in [0, 0.1) is 5.82 Å². The molecule has 1 amide bonds. The average molecular weight is 382 g/mol. The molecule has 0 heterocycles. The van der Waals surface area contributed by atoms with Crippen LogP contribution in [0.15, 0.2) is 36.4 Å². The van der Waals surface area contributed by atoms with Crippen LogP contribution < -0.4 is 14.8 Å². The van der Waals surface area contributed by atoms with E-state index in [1.807, 2.05) is 0 Å². The van der Waals surface area contributed by atoms with Crippen molar-refractivity contribution in [2.24, 2.45) is 0 Å². The number of hydrogen-bond donors (Lipinski definition) is 1. The zero-order valence-corrected chi connectivity index (χ0v) is 14.9. The van der Waals surface area contributed by atoms with E-state index in [1.54, 1.807) is 6.07 Å². The highest BCUT2D eigenvalue weighted by molar-refractivity contribution is 6.32. The number of rotatable bonds is 7. The Labute approximate surface area is 154 Å². The van der Waals surface area contributed by atoms with Gasteiger partial charge in [0.05, 0.1) is 31.4 Å². The maximum absolute atomic E-state index is 13.1. The molecular formula is C18H17ClFNO5. The van der Waals surface area contributed by atoms with Crippen molar-refractivity contribution >= 4 is 29.2 Å². The molecule has 0 fully saturated rings. The van der Waals surface area contributed by atoms with Gasteiger partial charge in [0.2, 0.25) is 0 Å². The fraction of sp³-hybridized carbons (Fsp3) is 0.222. The summed E-state index contributed by atoms with van der Waals surface area (Å²) >= 11 is 6.02. The van der Waals surface area contributed by atoms with Crippen LogP contribution in [0.2, 0.25) is 5.02 Å². The lowest BCUT2D eigenvalue weighted by atomic mass is 10.1. The molecule has 0 saturated heterocycles. The van der Waals surface area contributed by atoms with Gasteiger partial charge in [-0.3, -0.25) is 9.59 Å². The minimum absolute atomic E-state index is 0.136. The molecular weight excluding hydrogens is 365 g/mol. The van der Waals surface area contributed by atoms with Gasteiger partial charge >= 0.3 is 5.97 Å². The zero-order chi connectivity index (χ0) is 19.1. The third-order valence-electron chi connectivity index (χ3n) is 3.35. The summed E-state index contributed by atoms with van der Waals surface area (Å²) in [5.41, 5.74) is 0.767. The first-order valence-corrected chi connectivity index (χ1v) is 7.92. The Hall–Kier alpha value is -2.80. The molecule has 26 heavy (non-hydrogen) atoms. The van der Waals surface area contributed by atoms with Crippen molar-refractivity contribution in [3.05, 3.63) is 52.8 Å². The topological polar surface area (TPSA) is 73.9 Å². The molecule has 2 rings (SSSR count).